The van der Waals surface area contributed by atoms with E-state index in [2.05, 4.69) is 48.6 Å². The highest BCUT2D eigenvalue weighted by atomic mass is 16.5. The van der Waals surface area contributed by atoms with Crippen LogP contribution in [0.4, 0.5) is 0 Å². The van der Waals surface area contributed by atoms with Crippen molar-refractivity contribution in [2.45, 2.75) is 57.9 Å². The summed E-state index contributed by atoms with van der Waals surface area (Å²) in [5, 5.41) is 7.26. The smallest absolute Gasteiger partial charge is 0.290 e. The molecule has 2 aliphatic carbocycles. The van der Waals surface area contributed by atoms with E-state index in [-0.39, 0.29) is 5.91 Å². The van der Waals surface area contributed by atoms with Crippen molar-refractivity contribution in [3.63, 3.8) is 0 Å². The predicted octanol–water partition coefficient (Wildman–Crippen LogP) is 4.31. The zero-order chi connectivity index (χ0) is 17.4. The summed E-state index contributed by atoms with van der Waals surface area (Å²) >= 11 is 0. The summed E-state index contributed by atoms with van der Waals surface area (Å²) < 4.78 is 5.30. The Morgan fingerprint density at radius 3 is 2.36 bits per heavy atom. The molecule has 4 nitrogen and oxygen atoms in total. The van der Waals surface area contributed by atoms with Crippen LogP contribution in [0, 0.1) is 11.8 Å². The van der Waals surface area contributed by atoms with Crippen LogP contribution in [-0.2, 0) is 6.42 Å². The lowest BCUT2D eigenvalue weighted by Crippen LogP contribution is -2.37. The van der Waals surface area contributed by atoms with Crippen LogP contribution in [0.25, 0.3) is 0 Å². The molecule has 1 aromatic carbocycles. The molecular formula is C21H26N2O2. The topological polar surface area (TPSA) is 55.1 Å². The van der Waals surface area contributed by atoms with Gasteiger partial charge in [-0.1, -0.05) is 43.3 Å². The molecule has 0 saturated heterocycles. The van der Waals surface area contributed by atoms with Crippen LogP contribution < -0.4 is 5.32 Å². The van der Waals surface area contributed by atoms with Gasteiger partial charge in [-0.15, -0.1) is 0 Å². The van der Waals surface area contributed by atoms with Crippen molar-refractivity contribution in [3.8, 4) is 0 Å². The molecule has 1 amide bonds. The molecule has 2 aliphatic rings. The molecule has 4 heteroatoms. The quantitative estimate of drug-likeness (QED) is 0.818. The van der Waals surface area contributed by atoms with Crippen LogP contribution in [0.1, 0.15) is 72.8 Å². The largest absolute Gasteiger partial charge is 0.351 e. The van der Waals surface area contributed by atoms with Gasteiger partial charge < -0.3 is 9.84 Å². The number of amides is 1. The van der Waals surface area contributed by atoms with Crippen molar-refractivity contribution in [3.05, 3.63) is 52.9 Å². The number of hydrogen-bond acceptors (Lipinski definition) is 3. The maximum Gasteiger partial charge on any atom is 0.290 e. The summed E-state index contributed by atoms with van der Waals surface area (Å²) in [5.74, 6) is 2.11. The van der Waals surface area contributed by atoms with E-state index >= 15 is 0 Å². The third kappa shape index (κ3) is 3.94. The molecule has 132 valence electrons. The van der Waals surface area contributed by atoms with E-state index in [1.165, 1.54) is 36.8 Å². The normalized spacial score (nSPS) is 17.3. The summed E-state index contributed by atoms with van der Waals surface area (Å²) in [6, 6.07) is 10.7. The van der Waals surface area contributed by atoms with Crippen LogP contribution in [0.15, 0.2) is 34.9 Å². The van der Waals surface area contributed by atoms with Crippen LogP contribution in [0.5, 0.6) is 0 Å². The second-order valence-electron chi connectivity index (χ2n) is 7.93. The first kappa shape index (κ1) is 16.4. The van der Waals surface area contributed by atoms with Gasteiger partial charge in [0.25, 0.3) is 5.91 Å². The molecule has 0 radical (unpaired) electrons. The zero-order valence-corrected chi connectivity index (χ0v) is 15.0. The summed E-state index contributed by atoms with van der Waals surface area (Å²) in [5.41, 5.74) is 3.31. The lowest BCUT2D eigenvalue weighted by atomic mass is 10.0. The highest BCUT2D eigenvalue weighted by Crippen LogP contribution is 2.44. The highest BCUT2D eigenvalue weighted by molar-refractivity contribution is 5.91. The average molecular weight is 338 g/mol. The van der Waals surface area contributed by atoms with Crippen LogP contribution >= 0.6 is 0 Å². The molecule has 1 heterocycles. The second kappa shape index (κ2) is 6.66. The molecule has 0 aliphatic heterocycles. The SMILES string of the molecule is CC(C)c1ccc(Cc2cc(C(=O)NC(C3CC3)C3CC3)on2)cc1. The molecule has 1 aromatic heterocycles. The fourth-order valence-corrected chi connectivity index (χ4v) is 3.49. The number of hydrogen-bond donors (Lipinski definition) is 1. The molecular weight excluding hydrogens is 312 g/mol. The first-order valence-corrected chi connectivity index (χ1v) is 9.45. The zero-order valence-electron chi connectivity index (χ0n) is 15.0. The van der Waals surface area contributed by atoms with Crippen molar-refractivity contribution in [2.24, 2.45) is 11.8 Å². The minimum atomic E-state index is -0.113. The molecule has 1 N–H and O–H groups in total. The molecule has 2 saturated carbocycles. The van der Waals surface area contributed by atoms with Crippen molar-refractivity contribution < 1.29 is 9.32 Å². The number of nitrogens with one attached hydrogen (secondary N) is 1. The van der Waals surface area contributed by atoms with Gasteiger partial charge in [-0.25, -0.2) is 0 Å². The van der Waals surface area contributed by atoms with Crippen molar-refractivity contribution in [2.75, 3.05) is 0 Å². The second-order valence-corrected chi connectivity index (χ2v) is 7.93. The van der Waals surface area contributed by atoms with E-state index in [0.717, 1.165) is 5.69 Å². The maximum atomic E-state index is 12.5. The van der Waals surface area contributed by atoms with E-state index in [1.807, 2.05) is 0 Å². The Morgan fingerprint density at radius 2 is 1.80 bits per heavy atom. The number of rotatable bonds is 7. The lowest BCUT2D eigenvalue weighted by Gasteiger charge is -2.16. The van der Waals surface area contributed by atoms with E-state index in [9.17, 15) is 4.79 Å². The van der Waals surface area contributed by atoms with Crippen molar-refractivity contribution >= 4 is 5.91 Å². The van der Waals surface area contributed by atoms with Crippen molar-refractivity contribution in [1.82, 2.24) is 10.5 Å². The van der Waals surface area contributed by atoms with Gasteiger partial charge in [-0.2, -0.15) is 0 Å². The van der Waals surface area contributed by atoms with Gasteiger partial charge in [0, 0.05) is 18.5 Å². The molecule has 2 fully saturated rings. The number of aromatic nitrogens is 1. The Bertz CT molecular complexity index is 728. The minimum Gasteiger partial charge on any atom is -0.351 e. The molecule has 0 bridgehead atoms. The monoisotopic (exact) mass is 338 g/mol. The van der Waals surface area contributed by atoms with Crippen molar-refractivity contribution in [1.29, 1.82) is 0 Å². The summed E-state index contributed by atoms with van der Waals surface area (Å²) in [6.45, 7) is 4.38. The van der Waals surface area contributed by atoms with E-state index in [0.29, 0.717) is 36.0 Å². The van der Waals surface area contributed by atoms with Gasteiger partial charge in [0.15, 0.2) is 0 Å². The van der Waals surface area contributed by atoms with Gasteiger partial charge in [0.05, 0.1) is 5.69 Å². The van der Waals surface area contributed by atoms with Crippen LogP contribution in [0.3, 0.4) is 0 Å². The van der Waals surface area contributed by atoms with Gasteiger partial charge in [0.2, 0.25) is 5.76 Å². The van der Waals surface area contributed by atoms with Crippen LogP contribution in [-0.4, -0.2) is 17.1 Å². The first-order chi connectivity index (χ1) is 12.1. The molecule has 4 rings (SSSR count). The Hall–Kier alpha value is -2.10. The summed E-state index contributed by atoms with van der Waals surface area (Å²) in [4.78, 5) is 12.5. The van der Waals surface area contributed by atoms with Gasteiger partial charge in [0.1, 0.15) is 0 Å². The Morgan fingerprint density at radius 1 is 1.16 bits per heavy atom. The van der Waals surface area contributed by atoms with E-state index in [4.69, 9.17) is 4.52 Å². The molecule has 0 spiro atoms. The fourth-order valence-electron chi connectivity index (χ4n) is 3.49. The molecule has 0 unspecified atom stereocenters. The van der Waals surface area contributed by atoms with Gasteiger partial charge in [-0.3, -0.25) is 4.79 Å². The standard InChI is InChI=1S/C21H26N2O2/c1-13(2)15-5-3-14(4-6-15)11-18-12-19(25-23-18)21(24)22-20(16-7-8-16)17-9-10-17/h3-6,12-13,16-17,20H,7-11H2,1-2H3,(H,22,24). The minimum absolute atomic E-state index is 0.113. The van der Waals surface area contributed by atoms with Gasteiger partial charge >= 0.3 is 0 Å². The van der Waals surface area contributed by atoms with E-state index in [1.54, 1.807) is 6.07 Å². The molecule has 2 aromatic rings. The number of benzene rings is 1. The fraction of sp³-hybridized carbons (Fsp3) is 0.524. The van der Waals surface area contributed by atoms with Crippen LogP contribution in [0.2, 0.25) is 0 Å². The average Bonchev–Trinajstić information content (AvgIpc) is 3.52. The predicted molar refractivity (Wildman–Crippen MR) is 96.5 cm³/mol. The number of carbonyl (C=O) groups is 1. The third-order valence-electron chi connectivity index (χ3n) is 5.37. The van der Waals surface area contributed by atoms with E-state index < -0.39 is 0 Å². The first-order valence-electron chi connectivity index (χ1n) is 9.45. The Kier molecular flexibility index (Phi) is 4.36. The number of carbonyl (C=O) groups excluding carboxylic acids is 1. The van der Waals surface area contributed by atoms with Gasteiger partial charge in [-0.05, 0) is 54.6 Å². The third-order valence-corrected chi connectivity index (χ3v) is 5.37. The molecule has 25 heavy (non-hydrogen) atoms. The lowest BCUT2D eigenvalue weighted by molar-refractivity contribution is 0.0888. The summed E-state index contributed by atoms with van der Waals surface area (Å²) in [7, 11) is 0. The highest BCUT2D eigenvalue weighted by Gasteiger charge is 2.42. The Balaban J connectivity index is 1.38. The maximum absolute atomic E-state index is 12.5. The summed E-state index contributed by atoms with van der Waals surface area (Å²) in [6.07, 6.45) is 5.67. The Labute approximate surface area is 149 Å². The number of nitrogens with zero attached hydrogens (tertiary/aromatic N) is 1. The molecule has 0 atom stereocenters.